The van der Waals surface area contributed by atoms with E-state index in [9.17, 15) is 0 Å². The van der Waals surface area contributed by atoms with Gasteiger partial charge < -0.3 is 4.74 Å². The highest BCUT2D eigenvalue weighted by Gasteiger charge is 2.07. The Morgan fingerprint density at radius 1 is 1.18 bits per heavy atom. The van der Waals surface area contributed by atoms with Crippen molar-refractivity contribution in [1.29, 1.82) is 0 Å². The molecule has 11 heavy (non-hydrogen) atoms. The molecular formula is C9H9NO. The fraction of sp³-hybridized carbons (Fsp3) is 0.222. The quantitative estimate of drug-likeness (QED) is 0.589. The van der Waals surface area contributed by atoms with Gasteiger partial charge in [-0.05, 0) is 12.1 Å². The van der Waals surface area contributed by atoms with E-state index >= 15 is 0 Å². The molecule has 0 saturated heterocycles. The lowest BCUT2D eigenvalue weighted by Gasteiger charge is -1.98. The molecule has 0 aromatic heterocycles. The fourth-order valence-electron chi connectivity index (χ4n) is 1.09. The summed E-state index contributed by atoms with van der Waals surface area (Å²) in [6.07, 6.45) is 0. The Bertz CT molecular complexity index is 266. The molecule has 1 aliphatic heterocycles. The maximum atomic E-state index is 5.29. The van der Waals surface area contributed by atoms with Crippen LogP contribution in [0.3, 0.4) is 0 Å². The van der Waals surface area contributed by atoms with Gasteiger partial charge in [-0.3, -0.25) is 0 Å². The van der Waals surface area contributed by atoms with Crippen molar-refractivity contribution in [2.45, 2.75) is 0 Å². The summed E-state index contributed by atoms with van der Waals surface area (Å²) in [5.74, 6) is 0.783. The van der Waals surface area contributed by atoms with Crippen molar-refractivity contribution >= 4 is 5.90 Å². The van der Waals surface area contributed by atoms with Crippen LogP contribution in [0.25, 0.3) is 0 Å². The molecule has 1 aromatic rings. The highest BCUT2D eigenvalue weighted by molar-refractivity contribution is 5.94. The van der Waals surface area contributed by atoms with Crippen LogP contribution in [0, 0.1) is 0 Å². The van der Waals surface area contributed by atoms with Crippen LogP contribution in [0.15, 0.2) is 35.3 Å². The molecule has 0 aliphatic carbocycles. The molecule has 0 unspecified atom stereocenters. The molecule has 0 spiro atoms. The van der Waals surface area contributed by atoms with Gasteiger partial charge in [-0.15, -0.1) is 0 Å². The Morgan fingerprint density at radius 2 is 2.00 bits per heavy atom. The first-order valence-electron chi connectivity index (χ1n) is 3.69. The fourth-order valence-corrected chi connectivity index (χ4v) is 1.09. The van der Waals surface area contributed by atoms with Gasteiger partial charge in [-0.25, -0.2) is 4.99 Å². The summed E-state index contributed by atoms with van der Waals surface area (Å²) in [5, 5.41) is 0. The van der Waals surface area contributed by atoms with Crippen molar-refractivity contribution in [2.75, 3.05) is 13.2 Å². The van der Waals surface area contributed by atoms with Gasteiger partial charge in [0, 0.05) is 5.56 Å². The summed E-state index contributed by atoms with van der Waals surface area (Å²) in [4.78, 5) is 4.20. The average Bonchev–Trinajstić information content (AvgIpc) is 2.58. The van der Waals surface area contributed by atoms with Gasteiger partial charge in [0.1, 0.15) is 6.61 Å². The monoisotopic (exact) mass is 147 g/mol. The molecule has 0 fully saturated rings. The van der Waals surface area contributed by atoms with E-state index in [4.69, 9.17) is 4.74 Å². The lowest BCUT2D eigenvalue weighted by molar-refractivity contribution is 0.348. The van der Waals surface area contributed by atoms with E-state index in [0.29, 0.717) is 0 Å². The van der Waals surface area contributed by atoms with E-state index in [1.165, 1.54) is 0 Å². The minimum Gasteiger partial charge on any atom is -0.476 e. The van der Waals surface area contributed by atoms with Crippen molar-refractivity contribution in [3.05, 3.63) is 35.9 Å². The molecule has 0 bridgehead atoms. The molecular weight excluding hydrogens is 138 g/mol. The van der Waals surface area contributed by atoms with Crippen molar-refractivity contribution < 1.29 is 4.74 Å². The summed E-state index contributed by atoms with van der Waals surface area (Å²) in [6, 6.07) is 9.96. The first-order valence-corrected chi connectivity index (χ1v) is 3.69. The summed E-state index contributed by atoms with van der Waals surface area (Å²) in [5.41, 5.74) is 1.07. The summed E-state index contributed by atoms with van der Waals surface area (Å²) >= 11 is 0. The van der Waals surface area contributed by atoms with E-state index in [2.05, 4.69) is 4.99 Å². The van der Waals surface area contributed by atoms with Crippen LogP contribution in [-0.4, -0.2) is 19.0 Å². The topological polar surface area (TPSA) is 21.6 Å². The Hall–Kier alpha value is -1.31. The second kappa shape index (κ2) is 2.74. The van der Waals surface area contributed by atoms with E-state index < -0.39 is 0 Å². The van der Waals surface area contributed by atoms with E-state index in [1.807, 2.05) is 30.3 Å². The zero-order chi connectivity index (χ0) is 7.52. The molecule has 0 saturated carbocycles. The Morgan fingerprint density at radius 3 is 2.64 bits per heavy atom. The largest absolute Gasteiger partial charge is 0.476 e. The number of aliphatic imine (C=N–C) groups is 1. The minimum absolute atomic E-state index is 0.726. The number of hydrogen-bond donors (Lipinski definition) is 0. The number of nitrogens with zero attached hydrogens (tertiary/aromatic N) is 1. The molecule has 2 rings (SSSR count). The lowest BCUT2D eigenvalue weighted by Crippen LogP contribution is -1.99. The lowest BCUT2D eigenvalue weighted by atomic mass is 10.2. The molecule has 56 valence electrons. The van der Waals surface area contributed by atoms with E-state index in [0.717, 1.165) is 24.6 Å². The van der Waals surface area contributed by atoms with Crippen LogP contribution in [0.2, 0.25) is 0 Å². The van der Waals surface area contributed by atoms with Crippen LogP contribution in [0.1, 0.15) is 5.56 Å². The van der Waals surface area contributed by atoms with Gasteiger partial charge >= 0.3 is 0 Å². The standard InChI is InChI=1S/C9H9NO/c1-2-4-8(5-3-1)9-10-6-7-11-9/h1-5H,6-7H2. The molecule has 0 amide bonds. The van der Waals surface area contributed by atoms with Gasteiger partial charge in [0.05, 0.1) is 6.54 Å². The van der Waals surface area contributed by atoms with E-state index in [-0.39, 0.29) is 0 Å². The van der Waals surface area contributed by atoms with Crippen molar-refractivity contribution in [1.82, 2.24) is 0 Å². The molecule has 1 heterocycles. The first-order chi connectivity index (χ1) is 5.47. The predicted octanol–water partition coefficient (Wildman–Crippen LogP) is 1.46. The van der Waals surface area contributed by atoms with Gasteiger partial charge in [0.15, 0.2) is 0 Å². The number of ether oxygens (including phenoxy) is 1. The second-order valence-corrected chi connectivity index (χ2v) is 2.40. The van der Waals surface area contributed by atoms with Gasteiger partial charge in [-0.2, -0.15) is 0 Å². The van der Waals surface area contributed by atoms with Crippen LogP contribution < -0.4 is 0 Å². The Labute approximate surface area is 65.5 Å². The third kappa shape index (κ3) is 1.24. The third-order valence-corrected chi connectivity index (χ3v) is 1.61. The van der Waals surface area contributed by atoms with Crippen molar-refractivity contribution in [3.63, 3.8) is 0 Å². The first kappa shape index (κ1) is 6.40. The minimum atomic E-state index is 0.726. The molecule has 0 radical (unpaired) electrons. The molecule has 1 aromatic carbocycles. The SMILES string of the molecule is c1ccc(C2=NCCO2)cc1. The van der Waals surface area contributed by atoms with Crippen LogP contribution in [0.4, 0.5) is 0 Å². The highest BCUT2D eigenvalue weighted by atomic mass is 16.5. The zero-order valence-electron chi connectivity index (χ0n) is 6.16. The number of benzene rings is 1. The average molecular weight is 147 g/mol. The van der Waals surface area contributed by atoms with Crippen LogP contribution in [0.5, 0.6) is 0 Å². The summed E-state index contributed by atoms with van der Waals surface area (Å²) < 4.78 is 5.29. The van der Waals surface area contributed by atoms with Gasteiger partial charge in [0.2, 0.25) is 5.90 Å². The summed E-state index contributed by atoms with van der Waals surface area (Å²) in [6.45, 7) is 1.52. The second-order valence-electron chi connectivity index (χ2n) is 2.40. The summed E-state index contributed by atoms with van der Waals surface area (Å²) in [7, 11) is 0. The molecule has 2 nitrogen and oxygen atoms in total. The predicted molar refractivity (Wildman–Crippen MR) is 43.8 cm³/mol. The smallest absolute Gasteiger partial charge is 0.216 e. The van der Waals surface area contributed by atoms with Gasteiger partial charge in [0.25, 0.3) is 0 Å². The third-order valence-electron chi connectivity index (χ3n) is 1.61. The normalized spacial score (nSPS) is 15.8. The number of hydrogen-bond acceptors (Lipinski definition) is 2. The zero-order valence-corrected chi connectivity index (χ0v) is 6.16. The molecule has 0 N–H and O–H groups in total. The Balaban J connectivity index is 2.29. The van der Waals surface area contributed by atoms with Crippen LogP contribution >= 0.6 is 0 Å². The van der Waals surface area contributed by atoms with Gasteiger partial charge in [-0.1, -0.05) is 18.2 Å². The molecule has 1 aliphatic rings. The van der Waals surface area contributed by atoms with Crippen molar-refractivity contribution in [3.8, 4) is 0 Å². The van der Waals surface area contributed by atoms with E-state index in [1.54, 1.807) is 0 Å². The van der Waals surface area contributed by atoms with Crippen molar-refractivity contribution in [2.24, 2.45) is 4.99 Å². The molecule has 2 heteroatoms. The van der Waals surface area contributed by atoms with Crippen LogP contribution in [-0.2, 0) is 4.74 Å². The number of rotatable bonds is 1. The maximum absolute atomic E-state index is 5.29. The Kier molecular flexibility index (Phi) is 1.60. The maximum Gasteiger partial charge on any atom is 0.216 e. The molecule has 0 atom stereocenters. The highest BCUT2D eigenvalue weighted by Crippen LogP contribution is 2.06.